The Labute approximate surface area is 334 Å². The lowest BCUT2D eigenvalue weighted by atomic mass is 9.68. The Morgan fingerprint density at radius 1 is 0.352 bits per heavy atom. The molecule has 0 fully saturated rings. The molecule has 3 rings (SSSR count). The molecule has 0 amide bonds. The Morgan fingerprint density at radius 2 is 0.648 bits per heavy atom. The molecule has 0 unspecified atom stereocenters. The summed E-state index contributed by atoms with van der Waals surface area (Å²) < 4.78 is 21.3. The highest BCUT2D eigenvalue weighted by Gasteiger charge is 2.36. The van der Waals surface area contributed by atoms with Crippen LogP contribution in [0.4, 0.5) is 0 Å². The minimum absolute atomic E-state index is 0.00270. The number of hydrogen-bond donors (Lipinski definition) is 0. The average Bonchev–Trinajstić information content (AvgIpc) is 2.92. The molecule has 0 saturated carbocycles. The van der Waals surface area contributed by atoms with Crippen molar-refractivity contribution in [2.24, 2.45) is 10.8 Å². The third-order valence-electron chi connectivity index (χ3n) is 10.3. The molecule has 0 saturated heterocycles. The van der Waals surface area contributed by atoms with E-state index in [1.165, 1.54) is 22.3 Å². The summed E-state index contributed by atoms with van der Waals surface area (Å²) in [5.41, 5.74) is 7.13. The van der Waals surface area contributed by atoms with E-state index < -0.39 is 8.60 Å². The fourth-order valence-electron chi connectivity index (χ4n) is 8.03. The van der Waals surface area contributed by atoms with Crippen molar-refractivity contribution in [3.63, 3.8) is 0 Å². The van der Waals surface area contributed by atoms with Crippen molar-refractivity contribution in [1.82, 2.24) is 0 Å². The Balaban J connectivity index is 2.33. The van der Waals surface area contributed by atoms with Crippen LogP contribution in [0.15, 0.2) is 54.6 Å². The number of hydrogen-bond acceptors (Lipinski definition) is 3. The Kier molecular flexibility index (Phi) is 13.1. The van der Waals surface area contributed by atoms with E-state index in [0.29, 0.717) is 0 Å². The van der Waals surface area contributed by atoms with Gasteiger partial charge in [-0.15, -0.1) is 0 Å². The molecular weight excluding hydrogens is 680 g/mol. The molecule has 0 heterocycles. The van der Waals surface area contributed by atoms with Crippen molar-refractivity contribution in [3.8, 4) is 17.2 Å². The van der Waals surface area contributed by atoms with E-state index in [0.717, 1.165) is 41.2 Å². The quantitative estimate of drug-likeness (QED) is 0.193. The highest BCUT2D eigenvalue weighted by molar-refractivity contribution is 7.43. The van der Waals surface area contributed by atoms with Crippen LogP contribution in [-0.2, 0) is 32.5 Å². The molecule has 302 valence electrons. The van der Waals surface area contributed by atoms with Gasteiger partial charge in [-0.25, -0.2) is 0 Å². The van der Waals surface area contributed by atoms with E-state index in [9.17, 15) is 0 Å². The molecule has 0 aromatic heterocycles. The van der Waals surface area contributed by atoms with Gasteiger partial charge in [-0.2, -0.15) is 0 Å². The van der Waals surface area contributed by atoms with Crippen LogP contribution >= 0.6 is 8.60 Å². The molecule has 0 aliphatic rings. The zero-order valence-electron chi connectivity index (χ0n) is 38.8. The summed E-state index contributed by atoms with van der Waals surface area (Å²) in [4.78, 5) is 0. The molecule has 4 heteroatoms. The van der Waals surface area contributed by atoms with E-state index >= 15 is 0 Å². The van der Waals surface area contributed by atoms with Crippen LogP contribution in [0.1, 0.15) is 199 Å². The normalized spacial score (nSPS) is 14.1. The molecule has 0 aliphatic heterocycles. The molecule has 3 aromatic rings. The van der Waals surface area contributed by atoms with Crippen LogP contribution in [0.5, 0.6) is 17.2 Å². The SMILES string of the molecule is CC(C)(C)CC(C)(C)c1ccc(OP(Oc2ccc(C(C)(C)C)cc2C(C)(C)C)Oc2ccc(C(C)(C)C)cc2C(C)(C)C)c(C(C)(C)CC(C)(C)C)c1. The maximum Gasteiger partial charge on any atom is 0.530 e. The summed E-state index contributed by atoms with van der Waals surface area (Å²) in [5.74, 6) is 2.41. The minimum atomic E-state index is -1.95. The van der Waals surface area contributed by atoms with Crippen LogP contribution in [0.3, 0.4) is 0 Å². The Morgan fingerprint density at radius 3 is 0.963 bits per heavy atom. The van der Waals surface area contributed by atoms with Crippen LogP contribution in [0.25, 0.3) is 0 Å². The summed E-state index contributed by atoms with van der Waals surface area (Å²) in [6.45, 7) is 50.5. The van der Waals surface area contributed by atoms with Gasteiger partial charge in [0, 0.05) is 16.7 Å². The van der Waals surface area contributed by atoms with E-state index in [-0.39, 0.29) is 43.3 Å². The van der Waals surface area contributed by atoms with Crippen molar-refractivity contribution in [1.29, 1.82) is 0 Å². The standard InChI is InChI=1S/C50H79O3P/c1-43(2,3)32-49(19,20)36-25-28-42(39(31-36)50(21,22)33-44(4,5)6)53-54(51-40-26-23-34(45(7,8)9)29-37(40)47(13,14)15)52-41-27-24-35(46(10,11)12)30-38(41)48(16,17)18/h23-31H,32-33H2,1-22H3. The largest absolute Gasteiger partial charge is 0.530 e. The average molecular weight is 759 g/mol. The van der Waals surface area contributed by atoms with Gasteiger partial charge in [-0.05, 0) is 91.1 Å². The molecule has 54 heavy (non-hydrogen) atoms. The third-order valence-corrected chi connectivity index (χ3v) is 11.3. The fourth-order valence-corrected chi connectivity index (χ4v) is 9.10. The lowest BCUT2D eigenvalue weighted by Gasteiger charge is -2.37. The van der Waals surface area contributed by atoms with Gasteiger partial charge >= 0.3 is 8.60 Å². The van der Waals surface area contributed by atoms with Crippen LogP contribution in [0.2, 0.25) is 0 Å². The molecule has 3 aromatic carbocycles. The highest BCUT2D eigenvalue weighted by atomic mass is 31.2. The second-order valence-corrected chi connectivity index (χ2v) is 24.9. The summed E-state index contributed by atoms with van der Waals surface area (Å²) >= 11 is 0. The number of benzene rings is 3. The predicted molar refractivity (Wildman–Crippen MR) is 237 cm³/mol. The van der Waals surface area contributed by atoms with Gasteiger partial charge < -0.3 is 13.6 Å². The highest BCUT2D eigenvalue weighted by Crippen LogP contribution is 2.52. The maximum atomic E-state index is 7.17. The first kappa shape index (κ1) is 45.9. The fraction of sp³-hybridized carbons (Fsp3) is 0.640. The first-order valence-electron chi connectivity index (χ1n) is 20.3. The van der Waals surface area contributed by atoms with Gasteiger partial charge in [0.25, 0.3) is 0 Å². The minimum Gasteiger partial charge on any atom is -0.408 e. The maximum absolute atomic E-state index is 7.17. The Hall–Kier alpha value is -2.51. The topological polar surface area (TPSA) is 27.7 Å². The van der Waals surface area contributed by atoms with E-state index in [4.69, 9.17) is 13.6 Å². The van der Waals surface area contributed by atoms with E-state index in [2.05, 4.69) is 207 Å². The van der Waals surface area contributed by atoms with Crippen LogP contribution in [0, 0.1) is 10.8 Å². The van der Waals surface area contributed by atoms with Gasteiger partial charge in [0.05, 0.1) is 0 Å². The van der Waals surface area contributed by atoms with Gasteiger partial charge in [0.15, 0.2) is 0 Å². The summed E-state index contributed by atoms with van der Waals surface area (Å²) in [5, 5.41) is 0. The lowest BCUT2D eigenvalue weighted by molar-refractivity contribution is 0.275. The smallest absolute Gasteiger partial charge is 0.408 e. The van der Waals surface area contributed by atoms with E-state index in [1.807, 2.05) is 0 Å². The molecule has 0 spiro atoms. The molecule has 0 radical (unpaired) electrons. The first-order valence-corrected chi connectivity index (χ1v) is 21.4. The van der Waals surface area contributed by atoms with Crippen molar-refractivity contribution in [3.05, 3.63) is 88.0 Å². The predicted octanol–water partition coefficient (Wildman–Crippen LogP) is 16.1. The van der Waals surface area contributed by atoms with Crippen molar-refractivity contribution in [2.75, 3.05) is 0 Å². The van der Waals surface area contributed by atoms with Crippen LogP contribution < -0.4 is 13.6 Å². The van der Waals surface area contributed by atoms with Gasteiger partial charge in [0.2, 0.25) is 0 Å². The van der Waals surface area contributed by atoms with Gasteiger partial charge in [-0.3, -0.25) is 0 Å². The second kappa shape index (κ2) is 15.4. The molecular formula is C50H79O3P. The second-order valence-electron chi connectivity index (χ2n) is 23.9. The van der Waals surface area contributed by atoms with Crippen molar-refractivity contribution < 1.29 is 13.6 Å². The van der Waals surface area contributed by atoms with Gasteiger partial charge in [0.1, 0.15) is 17.2 Å². The molecule has 0 bridgehead atoms. The van der Waals surface area contributed by atoms with Crippen molar-refractivity contribution in [2.45, 2.75) is 198 Å². The summed E-state index contributed by atoms with van der Waals surface area (Å²) in [7, 11) is -1.95. The van der Waals surface area contributed by atoms with E-state index in [1.54, 1.807) is 0 Å². The molecule has 0 aliphatic carbocycles. The summed E-state index contributed by atoms with van der Waals surface area (Å²) in [6.07, 6.45) is 2.06. The van der Waals surface area contributed by atoms with Gasteiger partial charge in [-0.1, -0.05) is 189 Å². The number of rotatable bonds is 10. The zero-order valence-corrected chi connectivity index (χ0v) is 39.7. The lowest BCUT2D eigenvalue weighted by Crippen LogP contribution is -2.28. The van der Waals surface area contributed by atoms with Crippen LogP contribution in [-0.4, -0.2) is 0 Å². The molecule has 3 nitrogen and oxygen atoms in total. The summed E-state index contributed by atoms with van der Waals surface area (Å²) in [6, 6.07) is 20.1. The molecule has 0 N–H and O–H groups in total. The first-order chi connectivity index (χ1) is 24.0. The van der Waals surface area contributed by atoms with Crippen molar-refractivity contribution >= 4 is 8.60 Å². The molecule has 0 atom stereocenters. The third kappa shape index (κ3) is 12.5. The monoisotopic (exact) mass is 759 g/mol. The zero-order chi connectivity index (χ0) is 41.7. The Bertz CT molecular complexity index is 1660.